The largest absolute Gasteiger partial charge is 0.458 e. The zero-order valence-corrected chi connectivity index (χ0v) is 16.4. The highest BCUT2D eigenvalue weighted by Gasteiger charge is 2.47. The highest BCUT2D eigenvalue weighted by Crippen LogP contribution is 2.44. The summed E-state index contributed by atoms with van der Waals surface area (Å²) in [6.07, 6.45) is 6.49. The second kappa shape index (κ2) is 7.31. The first-order valence-corrected chi connectivity index (χ1v) is 11.2. The Balaban J connectivity index is 1.81. The van der Waals surface area contributed by atoms with E-state index in [0.29, 0.717) is 12.8 Å². The van der Waals surface area contributed by atoms with Crippen molar-refractivity contribution >= 4 is 33.2 Å². The van der Waals surface area contributed by atoms with Gasteiger partial charge in [0.25, 0.3) is 0 Å². The zero-order valence-electron chi connectivity index (χ0n) is 14.8. The summed E-state index contributed by atoms with van der Waals surface area (Å²) in [6, 6.07) is 4.89. The lowest BCUT2D eigenvalue weighted by molar-refractivity contribution is -0.178. The van der Waals surface area contributed by atoms with E-state index in [-0.39, 0.29) is 34.5 Å². The predicted octanol–water partition coefficient (Wildman–Crippen LogP) is 3.51. The number of carbonyl (C=O) groups excluding carboxylic acids is 2. The van der Waals surface area contributed by atoms with Crippen molar-refractivity contribution in [3.05, 3.63) is 28.8 Å². The lowest BCUT2D eigenvalue weighted by Crippen LogP contribution is -2.48. The first kappa shape index (κ1) is 19.4. The molecule has 26 heavy (non-hydrogen) atoms. The number of ketones is 1. The Morgan fingerprint density at radius 2 is 1.92 bits per heavy atom. The molecule has 3 rings (SSSR count). The Labute approximate surface area is 159 Å². The van der Waals surface area contributed by atoms with Crippen LogP contribution in [0.25, 0.3) is 0 Å². The minimum absolute atomic E-state index is 0.0568. The van der Waals surface area contributed by atoms with Crippen LogP contribution < -0.4 is 0 Å². The fourth-order valence-electron chi connectivity index (χ4n) is 4.24. The molecule has 2 fully saturated rings. The average molecular weight is 399 g/mol. The Hall–Kier alpha value is -1.40. The van der Waals surface area contributed by atoms with Gasteiger partial charge in [-0.3, -0.25) is 9.59 Å². The van der Waals surface area contributed by atoms with Crippen LogP contribution in [-0.4, -0.2) is 32.0 Å². The van der Waals surface area contributed by atoms with Crippen molar-refractivity contribution in [1.29, 1.82) is 0 Å². The number of sulfone groups is 1. The van der Waals surface area contributed by atoms with Gasteiger partial charge in [0, 0.05) is 12.7 Å². The SMILES string of the molecule is CS(=O)(=O)c1ccc(CCC2(C3CCCC3)CC(=O)CC(=O)O2)cc1Cl. The summed E-state index contributed by atoms with van der Waals surface area (Å²) in [7, 11) is -3.37. The molecule has 5 nitrogen and oxygen atoms in total. The average Bonchev–Trinajstić information content (AvgIpc) is 3.06. The van der Waals surface area contributed by atoms with E-state index < -0.39 is 21.4 Å². The number of hydrogen-bond donors (Lipinski definition) is 0. The minimum Gasteiger partial charge on any atom is -0.458 e. The van der Waals surface area contributed by atoms with E-state index >= 15 is 0 Å². The second-order valence-electron chi connectivity index (χ2n) is 7.45. The first-order valence-electron chi connectivity index (χ1n) is 8.92. The Morgan fingerprint density at radius 1 is 1.23 bits per heavy atom. The molecule has 0 amide bonds. The van der Waals surface area contributed by atoms with Crippen molar-refractivity contribution in [2.75, 3.05) is 6.26 Å². The number of cyclic esters (lactones) is 1. The van der Waals surface area contributed by atoms with Crippen LogP contribution in [0.2, 0.25) is 5.02 Å². The topological polar surface area (TPSA) is 77.5 Å². The molecule has 0 radical (unpaired) electrons. The molecule has 0 N–H and O–H groups in total. The van der Waals surface area contributed by atoms with E-state index in [1.807, 2.05) is 0 Å². The van der Waals surface area contributed by atoms with E-state index in [1.165, 1.54) is 6.07 Å². The van der Waals surface area contributed by atoms with Crippen molar-refractivity contribution in [1.82, 2.24) is 0 Å². The van der Waals surface area contributed by atoms with Crippen molar-refractivity contribution < 1.29 is 22.7 Å². The van der Waals surface area contributed by atoms with Gasteiger partial charge in [-0.25, -0.2) is 8.42 Å². The van der Waals surface area contributed by atoms with Gasteiger partial charge in [0.15, 0.2) is 9.84 Å². The number of benzene rings is 1. The predicted molar refractivity (Wildman–Crippen MR) is 97.9 cm³/mol. The van der Waals surface area contributed by atoms with E-state index in [2.05, 4.69) is 0 Å². The van der Waals surface area contributed by atoms with Crippen molar-refractivity contribution in [2.24, 2.45) is 5.92 Å². The molecule has 7 heteroatoms. The highest BCUT2D eigenvalue weighted by atomic mass is 35.5. The zero-order chi connectivity index (χ0) is 18.9. The molecule has 142 valence electrons. The molecule has 0 spiro atoms. The molecule has 1 aliphatic carbocycles. The number of hydrogen-bond acceptors (Lipinski definition) is 5. The van der Waals surface area contributed by atoms with Gasteiger partial charge >= 0.3 is 5.97 Å². The third-order valence-corrected chi connectivity index (χ3v) is 7.07. The van der Waals surface area contributed by atoms with Gasteiger partial charge in [0.2, 0.25) is 0 Å². The maximum atomic E-state index is 12.1. The number of ether oxygens (including phenoxy) is 1. The molecule has 1 aromatic rings. The molecule has 1 aromatic carbocycles. The monoisotopic (exact) mass is 398 g/mol. The standard InChI is InChI=1S/C19H23ClO5S/c1-26(23,24)17-7-6-13(10-16(17)20)8-9-19(14-4-2-3-5-14)12-15(21)11-18(22)25-19/h6-7,10,14H,2-5,8-9,11-12H2,1H3. The van der Waals surface area contributed by atoms with Crippen LogP contribution in [-0.2, 0) is 30.6 Å². The third-order valence-electron chi connectivity index (χ3n) is 5.49. The summed E-state index contributed by atoms with van der Waals surface area (Å²) in [5.74, 6) is -0.279. The van der Waals surface area contributed by atoms with Gasteiger partial charge in [-0.15, -0.1) is 0 Å². The normalized spacial score (nSPS) is 24.7. The summed E-state index contributed by atoms with van der Waals surface area (Å²) < 4.78 is 29.1. The number of rotatable bonds is 5. The first-order chi connectivity index (χ1) is 12.2. The molecule has 2 aliphatic rings. The maximum Gasteiger partial charge on any atom is 0.313 e. The second-order valence-corrected chi connectivity index (χ2v) is 9.84. The molecular weight excluding hydrogens is 376 g/mol. The molecule has 1 saturated carbocycles. The quantitative estimate of drug-likeness (QED) is 0.560. The van der Waals surface area contributed by atoms with Crippen LogP contribution in [0.15, 0.2) is 23.1 Å². The van der Waals surface area contributed by atoms with Crippen LogP contribution in [0.4, 0.5) is 0 Å². The Kier molecular flexibility index (Phi) is 5.45. The summed E-state index contributed by atoms with van der Waals surface area (Å²) in [5, 5.41) is 0.191. The molecule has 1 aliphatic heterocycles. The number of carbonyl (C=O) groups is 2. The fraction of sp³-hybridized carbons (Fsp3) is 0.579. The smallest absolute Gasteiger partial charge is 0.313 e. The molecule has 0 bridgehead atoms. The van der Waals surface area contributed by atoms with E-state index in [0.717, 1.165) is 37.5 Å². The van der Waals surface area contributed by atoms with Crippen LogP contribution >= 0.6 is 11.6 Å². The number of halogens is 1. The maximum absolute atomic E-state index is 12.1. The van der Waals surface area contributed by atoms with Crippen LogP contribution in [0.3, 0.4) is 0 Å². The molecule has 1 atom stereocenters. The van der Waals surface area contributed by atoms with Crippen LogP contribution in [0.5, 0.6) is 0 Å². The molecule has 1 unspecified atom stereocenters. The van der Waals surface area contributed by atoms with Crippen LogP contribution in [0.1, 0.15) is 50.5 Å². The molecule has 1 saturated heterocycles. The minimum atomic E-state index is -3.37. The summed E-state index contributed by atoms with van der Waals surface area (Å²) >= 11 is 6.13. The molecule has 1 heterocycles. The summed E-state index contributed by atoms with van der Waals surface area (Å²) in [6.45, 7) is 0. The number of Topliss-reactive ketones (excluding diaryl/α,β-unsaturated/α-hetero) is 1. The number of aryl methyl sites for hydroxylation is 1. The molecule has 0 aromatic heterocycles. The van der Waals surface area contributed by atoms with E-state index in [9.17, 15) is 18.0 Å². The van der Waals surface area contributed by atoms with Gasteiger partial charge in [0.05, 0.1) is 9.92 Å². The van der Waals surface area contributed by atoms with Crippen molar-refractivity contribution in [2.45, 2.75) is 61.9 Å². The van der Waals surface area contributed by atoms with Crippen molar-refractivity contribution in [3.8, 4) is 0 Å². The van der Waals surface area contributed by atoms with Gasteiger partial charge in [-0.1, -0.05) is 30.5 Å². The Bertz CT molecular complexity index is 808. The highest BCUT2D eigenvalue weighted by molar-refractivity contribution is 7.90. The fourth-order valence-corrected chi connectivity index (χ4v) is 5.59. The summed E-state index contributed by atoms with van der Waals surface area (Å²) in [5.41, 5.74) is 0.138. The third kappa shape index (κ3) is 4.12. The Morgan fingerprint density at radius 3 is 2.50 bits per heavy atom. The van der Waals surface area contributed by atoms with Crippen LogP contribution in [0, 0.1) is 5.92 Å². The van der Waals surface area contributed by atoms with Gasteiger partial charge < -0.3 is 4.74 Å². The van der Waals surface area contributed by atoms with E-state index in [4.69, 9.17) is 16.3 Å². The lowest BCUT2D eigenvalue weighted by Gasteiger charge is -2.41. The van der Waals surface area contributed by atoms with Crippen molar-refractivity contribution in [3.63, 3.8) is 0 Å². The van der Waals surface area contributed by atoms with Gasteiger partial charge in [0.1, 0.15) is 17.8 Å². The summed E-state index contributed by atoms with van der Waals surface area (Å²) in [4.78, 5) is 24.1. The lowest BCUT2D eigenvalue weighted by atomic mass is 9.76. The van der Waals surface area contributed by atoms with Gasteiger partial charge in [-0.2, -0.15) is 0 Å². The van der Waals surface area contributed by atoms with E-state index in [1.54, 1.807) is 12.1 Å². The number of esters is 1. The molecular formula is C19H23ClO5S. The van der Waals surface area contributed by atoms with Gasteiger partial charge in [-0.05, 0) is 49.3 Å².